The summed E-state index contributed by atoms with van der Waals surface area (Å²) in [6.07, 6.45) is 8.45. The third-order valence-electron chi connectivity index (χ3n) is 3.04. The number of para-hydroxylation sites is 1. The maximum absolute atomic E-state index is 12.0. The lowest BCUT2D eigenvalue weighted by Gasteiger charge is -2.05. The zero-order valence-electron chi connectivity index (χ0n) is 11.5. The van der Waals surface area contributed by atoms with E-state index in [1.165, 1.54) is 6.08 Å². The highest BCUT2D eigenvalue weighted by Gasteiger charge is 2.04. The summed E-state index contributed by atoms with van der Waals surface area (Å²) >= 11 is 0. The highest BCUT2D eigenvalue weighted by atomic mass is 16.1. The molecule has 0 spiro atoms. The molecule has 0 fully saturated rings. The number of carbonyl (C=O) groups excluding carboxylic acids is 1. The van der Waals surface area contributed by atoms with Gasteiger partial charge >= 0.3 is 0 Å². The maximum atomic E-state index is 12.0. The van der Waals surface area contributed by atoms with Gasteiger partial charge < -0.3 is 5.32 Å². The van der Waals surface area contributed by atoms with Crippen molar-refractivity contribution >= 4 is 28.6 Å². The predicted molar refractivity (Wildman–Crippen MR) is 82.6 cm³/mol. The Morgan fingerprint density at radius 2 is 2.14 bits per heavy atom. The highest BCUT2D eigenvalue weighted by Crippen LogP contribution is 2.20. The van der Waals surface area contributed by atoms with Crippen LogP contribution in [-0.4, -0.2) is 20.7 Å². The molecule has 1 aromatic carbocycles. The Kier molecular flexibility index (Phi) is 3.47. The predicted octanol–water partition coefficient (Wildman–Crippen LogP) is 2.62. The summed E-state index contributed by atoms with van der Waals surface area (Å²) in [5, 5.41) is 7.88. The number of amides is 1. The van der Waals surface area contributed by atoms with Gasteiger partial charge in [-0.05, 0) is 18.2 Å². The van der Waals surface area contributed by atoms with Gasteiger partial charge in [0.15, 0.2) is 0 Å². The summed E-state index contributed by atoms with van der Waals surface area (Å²) in [5.41, 5.74) is 2.36. The molecule has 2 aromatic heterocycles. The number of fused-ring (bicyclic) bond motifs is 1. The molecule has 5 nitrogen and oxygen atoms in total. The van der Waals surface area contributed by atoms with Crippen molar-refractivity contribution in [3.8, 4) is 0 Å². The largest absolute Gasteiger partial charge is 0.321 e. The van der Waals surface area contributed by atoms with Crippen molar-refractivity contribution < 1.29 is 4.79 Å². The molecule has 1 N–H and O–H groups in total. The van der Waals surface area contributed by atoms with Crippen molar-refractivity contribution in [2.24, 2.45) is 7.05 Å². The van der Waals surface area contributed by atoms with Crippen LogP contribution in [0.2, 0.25) is 0 Å². The molecule has 2 heterocycles. The summed E-state index contributed by atoms with van der Waals surface area (Å²) < 4.78 is 1.69. The average Bonchev–Trinajstić information content (AvgIpc) is 2.91. The van der Waals surface area contributed by atoms with Crippen LogP contribution in [-0.2, 0) is 11.8 Å². The number of nitrogens with one attached hydrogen (secondary N) is 1. The van der Waals surface area contributed by atoms with Crippen molar-refractivity contribution in [1.29, 1.82) is 0 Å². The van der Waals surface area contributed by atoms with Gasteiger partial charge in [-0.15, -0.1) is 0 Å². The first-order chi connectivity index (χ1) is 10.2. The van der Waals surface area contributed by atoms with Crippen LogP contribution >= 0.6 is 0 Å². The summed E-state index contributed by atoms with van der Waals surface area (Å²) in [6, 6.07) is 9.53. The summed E-state index contributed by atoms with van der Waals surface area (Å²) in [5.74, 6) is -0.197. The fourth-order valence-electron chi connectivity index (χ4n) is 2.08. The molecule has 0 atom stereocenters. The molecule has 0 unspecified atom stereocenters. The van der Waals surface area contributed by atoms with Gasteiger partial charge in [-0.3, -0.25) is 14.5 Å². The number of carbonyl (C=O) groups is 1. The van der Waals surface area contributed by atoms with Gasteiger partial charge in [0.05, 0.1) is 17.4 Å². The first kappa shape index (κ1) is 13.1. The number of hydrogen-bond acceptors (Lipinski definition) is 3. The summed E-state index contributed by atoms with van der Waals surface area (Å²) in [7, 11) is 1.83. The maximum Gasteiger partial charge on any atom is 0.248 e. The minimum Gasteiger partial charge on any atom is -0.321 e. The third-order valence-corrected chi connectivity index (χ3v) is 3.04. The van der Waals surface area contributed by atoms with E-state index >= 15 is 0 Å². The van der Waals surface area contributed by atoms with Crippen LogP contribution < -0.4 is 5.32 Å². The molecule has 21 heavy (non-hydrogen) atoms. The lowest BCUT2D eigenvalue weighted by Crippen LogP contribution is -2.08. The molecule has 0 saturated heterocycles. The number of nitrogens with zero attached hydrogens (tertiary/aromatic N) is 3. The molecule has 1 amide bonds. The van der Waals surface area contributed by atoms with E-state index in [1.54, 1.807) is 23.2 Å². The van der Waals surface area contributed by atoms with E-state index in [4.69, 9.17) is 0 Å². The Hall–Kier alpha value is -2.95. The molecule has 0 aliphatic rings. The fourth-order valence-corrected chi connectivity index (χ4v) is 2.08. The fraction of sp³-hybridized carbons (Fsp3) is 0.0625. The van der Waals surface area contributed by atoms with Gasteiger partial charge in [-0.25, -0.2) is 0 Å². The van der Waals surface area contributed by atoms with Crippen LogP contribution in [0.4, 0.5) is 5.69 Å². The molecule has 3 rings (SSSR count). The smallest absolute Gasteiger partial charge is 0.248 e. The minimum absolute atomic E-state index is 0.197. The van der Waals surface area contributed by atoms with Gasteiger partial charge in [-0.1, -0.05) is 18.2 Å². The Labute approximate surface area is 121 Å². The number of rotatable bonds is 3. The van der Waals surface area contributed by atoms with Crippen LogP contribution in [0.25, 0.3) is 17.0 Å². The van der Waals surface area contributed by atoms with Crippen molar-refractivity contribution in [2.45, 2.75) is 0 Å². The Morgan fingerprint density at radius 1 is 1.29 bits per heavy atom. The molecular weight excluding hydrogens is 264 g/mol. The standard InChI is InChI=1S/C16H14N4O/c1-20-11-12(10-18-20)7-8-15(21)19-14-6-2-4-13-5-3-9-17-16(13)14/h2-11H,1H3,(H,19,21)/b8-7+. The molecule has 0 saturated carbocycles. The van der Waals surface area contributed by atoms with Gasteiger partial charge in [-0.2, -0.15) is 5.10 Å². The van der Waals surface area contributed by atoms with E-state index < -0.39 is 0 Å². The van der Waals surface area contributed by atoms with Crippen molar-refractivity contribution in [3.05, 3.63) is 60.6 Å². The monoisotopic (exact) mass is 278 g/mol. The first-order valence-electron chi connectivity index (χ1n) is 6.54. The van der Waals surface area contributed by atoms with E-state index in [0.29, 0.717) is 5.69 Å². The second-order valence-corrected chi connectivity index (χ2v) is 4.65. The van der Waals surface area contributed by atoms with Crippen molar-refractivity contribution in [3.63, 3.8) is 0 Å². The van der Waals surface area contributed by atoms with Gasteiger partial charge in [0, 0.05) is 36.5 Å². The van der Waals surface area contributed by atoms with Gasteiger partial charge in [0.2, 0.25) is 5.91 Å². The zero-order chi connectivity index (χ0) is 14.7. The second-order valence-electron chi connectivity index (χ2n) is 4.65. The van der Waals surface area contributed by atoms with Gasteiger partial charge in [0.25, 0.3) is 0 Å². The summed E-state index contributed by atoms with van der Waals surface area (Å²) in [6.45, 7) is 0. The number of aryl methyl sites for hydroxylation is 1. The summed E-state index contributed by atoms with van der Waals surface area (Å²) in [4.78, 5) is 16.3. The van der Waals surface area contributed by atoms with Crippen molar-refractivity contribution in [1.82, 2.24) is 14.8 Å². The van der Waals surface area contributed by atoms with Crippen molar-refractivity contribution in [2.75, 3.05) is 5.32 Å². The van der Waals surface area contributed by atoms with E-state index in [2.05, 4.69) is 15.4 Å². The quantitative estimate of drug-likeness (QED) is 0.749. The average molecular weight is 278 g/mol. The molecule has 0 aliphatic heterocycles. The van der Waals surface area contributed by atoms with Crippen LogP contribution in [0, 0.1) is 0 Å². The van der Waals surface area contributed by atoms with Crippen LogP contribution in [0.5, 0.6) is 0 Å². The minimum atomic E-state index is -0.197. The molecular formula is C16H14N4O. The Bertz CT molecular complexity index is 815. The number of anilines is 1. The van der Waals surface area contributed by atoms with Crippen LogP contribution in [0.1, 0.15) is 5.56 Å². The molecule has 104 valence electrons. The van der Waals surface area contributed by atoms with E-state index in [0.717, 1.165) is 16.5 Å². The zero-order valence-corrected chi connectivity index (χ0v) is 11.5. The first-order valence-corrected chi connectivity index (χ1v) is 6.54. The highest BCUT2D eigenvalue weighted by molar-refractivity contribution is 6.06. The lowest BCUT2D eigenvalue weighted by atomic mass is 10.2. The second kappa shape index (κ2) is 5.58. The number of pyridine rings is 1. The van der Waals surface area contributed by atoms with Crippen LogP contribution in [0.3, 0.4) is 0 Å². The van der Waals surface area contributed by atoms with Gasteiger partial charge in [0.1, 0.15) is 0 Å². The topological polar surface area (TPSA) is 59.8 Å². The van der Waals surface area contributed by atoms with E-state index in [-0.39, 0.29) is 5.91 Å². The molecule has 0 radical (unpaired) electrons. The lowest BCUT2D eigenvalue weighted by molar-refractivity contribution is -0.111. The SMILES string of the molecule is Cn1cc(/C=C/C(=O)Nc2cccc3cccnc23)cn1. The molecule has 0 bridgehead atoms. The number of benzene rings is 1. The Morgan fingerprint density at radius 3 is 2.95 bits per heavy atom. The van der Waals surface area contributed by atoms with Crippen LogP contribution in [0.15, 0.2) is 55.0 Å². The Balaban J connectivity index is 1.79. The molecule has 0 aliphatic carbocycles. The normalized spacial score (nSPS) is 11.1. The van der Waals surface area contributed by atoms with E-state index in [1.807, 2.05) is 43.6 Å². The molecule has 3 aromatic rings. The molecule has 5 heteroatoms. The number of aromatic nitrogens is 3. The third kappa shape index (κ3) is 2.97. The number of hydrogen-bond donors (Lipinski definition) is 1. The van der Waals surface area contributed by atoms with E-state index in [9.17, 15) is 4.79 Å².